The number of halogens is 1. The van der Waals surface area contributed by atoms with E-state index in [0.29, 0.717) is 18.7 Å². The summed E-state index contributed by atoms with van der Waals surface area (Å²) in [5.74, 6) is -0.262. The predicted molar refractivity (Wildman–Crippen MR) is 102 cm³/mol. The van der Waals surface area contributed by atoms with Crippen LogP contribution in [-0.4, -0.2) is 20.7 Å². The highest BCUT2D eigenvalue weighted by Gasteiger charge is 2.14. The Morgan fingerprint density at radius 3 is 2.37 bits per heavy atom. The van der Waals surface area contributed by atoms with Crippen molar-refractivity contribution in [1.29, 1.82) is 0 Å². The molecule has 0 saturated heterocycles. The topological polar surface area (TPSA) is 51.3 Å². The third kappa shape index (κ3) is 3.66. The molecule has 0 spiro atoms. The van der Waals surface area contributed by atoms with Crippen molar-refractivity contribution in [3.63, 3.8) is 0 Å². The van der Waals surface area contributed by atoms with Gasteiger partial charge < -0.3 is 5.32 Å². The molecule has 0 amide bonds. The van der Waals surface area contributed by atoms with Crippen LogP contribution in [0.15, 0.2) is 83.8 Å². The van der Waals surface area contributed by atoms with Gasteiger partial charge in [0.25, 0.3) is 0 Å². The number of fused-ring (bicyclic) bond motifs is 1. The lowest BCUT2D eigenvalue weighted by Gasteiger charge is -2.20. The highest BCUT2D eigenvalue weighted by atomic mass is 19.1. The molecule has 0 bridgehead atoms. The molecule has 0 saturated carbocycles. The first-order valence-electron chi connectivity index (χ1n) is 8.80. The van der Waals surface area contributed by atoms with Crippen LogP contribution in [0.4, 0.5) is 4.39 Å². The van der Waals surface area contributed by atoms with Gasteiger partial charge in [-0.15, -0.1) is 5.10 Å². The summed E-state index contributed by atoms with van der Waals surface area (Å²) >= 11 is 0. The normalized spacial score (nSPS) is 12.3. The minimum Gasteiger partial charge on any atom is -0.304 e. The summed E-state index contributed by atoms with van der Waals surface area (Å²) in [7, 11) is 0. The maximum atomic E-state index is 13.3. The van der Waals surface area contributed by atoms with Gasteiger partial charge >= 0.3 is 5.69 Å². The van der Waals surface area contributed by atoms with Crippen LogP contribution in [0.3, 0.4) is 0 Å². The fourth-order valence-corrected chi connectivity index (χ4v) is 3.16. The molecule has 27 heavy (non-hydrogen) atoms. The monoisotopic (exact) mass is 362 g/mol. The van der Waals surface area contributed by atoms with E-state index < -0.39 is 0 Å². The van der Waals surface area contributed by atoms with E-state index >= 15 is 0 Å². The van der Waals surface area contributed by atoms with Gasteiger partial charge in [0, 0.05) is 12.7 Å². The average Bonchev–Trinajstić information content (AvgIpc) is 3.03. The minimum absolute atomic E-state index is 0.0977. The van der Waals surface area contributed by atoms with Crippen LogP contribution >= 0.6 is 0 Å². The lowest BCUT2D eigenvalue weighted by molar-refractivity contribution is 0.512. The second-order valence-electron chi connectivity index (χ2n) is 6.28. The van der Waals surface area contributed by atoms with Crippen LogP contribution in [0.1, 0.15) is 17.2 Å². The molecule has 1 N–H and O–H groups in total. The van der Waals surface area contributed by atoms with Crippen molar-refractivity contribution in [1.82, 2.24) is 19.5 Å². The van der Waals surface area contributed by atoms with Gasteiger partial charge in [-0.3, -0.25) is 4.40 Å². The Kier molecular flexibility index (Phi) is 4.80. The van der Waals surface area contributed by atoms with Gasteiger partial charge in [0.05, 0.1) is 12.6 Å². The highest BCUT2D eigenvalue weighted by Crippen LogP contribution is 2.22. The smallest absolute Gasteiger partial charge is 0.304 e. The second kappa shape index (κ2) is 7.55. The average molecular weight is 362 g/mol. The molecule has 4 rings (SSSR count). The first-order valence-corrected chi connectivity index (χ1v) is 8.80. The summed E-state index contributed by atoms with van der Waals surface area (Å²) in [6.07, 6.45) is 1.71. The lowest BCUT2D eigenvalue weighted by atomic mass is 9.99. The first-order chi connectivity index (χ1) is 13.2. The van der Waals surface area contributed by atoms with Gasteiger partial charge in [-0.1, -0.05) is 48.5 Å². The van der Waals surface area contributed by atoms with E-state index in [0.717, 1.165) is 11.1 Å². The summed E-state index contributed by atoms with van der Waals surface area (Å²) in [6.45, 7) is 0.978. The van der Waals surface area contributed by atoms with Crippen molar-refractivity contribution in [2.75, 3.05) is 6.54 Å². The Bertz CT molecular complexity index is 1090. The minimum atomic E-state index is -0.262. The molecular formula is C21H19FN4O. The van der Waals surface area contributed by atoms with Crippen molar-refractivity contribution in [3.05, 3.63) is 106 Å². The molecule has 0 aliphatic carbocycles. The zero-order valence-corrected chi connectivity index (χ0v) is 14.6. The molecule has 5 nitrogen and oxygen atoms in total. The van der Waals surface area contributed by atoms with E-state index in [1.54, 1.807) is 30.5 Å². The van der Waals surface area contributed by atoms with Gasteiger partial charge in [-0.2, -0.15) is 0 Å². The number of pyridine rings is 1. The Morgan fingerprint density at radius 1 is 0.926 bits per heavy atom. The molecule has 136 valence electrons. The summed E-state index contributed by atoms with van der Waals surface area (Å²) in [4.78, 5) is 12.4. The molecule has 2 aromatic heterocycles. The molecule has 4 aromatic rings. The molecule has 0 radical (unpaired) electrons. The quantitative estimate of drug-likeness (QED) is 0.574. The first kappa shape index (κ1) is 17.2. The number of nitrogens with one attached hydrogen (secondary N) is 1. The maximum Gasteiger partial charge on any atom is 0.350 e. The van der Waals surface area contributed by atoms with Crippen LogP contribution in [0.5, 0.6) is 0 Å². The van der Waals surface area contributed by atoms with Gasteiger partial charge in [-0.25, -0.2) is 13.9 Å². The van der Waals surface area contributed by atoms with Crippen LogP contribution in [0.25, 0.3) is 5.65 Å². The van der Waals surface area contributed by atoms with Crippen molar-refractivity contribution >= 4 is 5.65 Å². The van der Waals surface area contributed by atoms with E-state index in [1.165, 1.54) is 21.2 Å². The number of benzene rings is 2. The highest BCUT2D eigenvalue weighted by molar-refractivity contribution is 5.35. The van der Waals surface area contributed by atoms with Crippen LogP contribution in [-0.2, 0) is 6.54 Å². The summed E-state index contributed by atoms with van der Waals surface area (Å²) in [6, 6.07) is 21.8. The summed E-state index contributed by atoms with van der Waals surface area (Å²) in [5, 5.41) is 7.80. The number of hydrogen-bond acceptors (Lipinski definition) is 3. The number of hydrogen-bond donors (Lipinski definition) is 1. The molecule has 0 fully saturated rings. The standard InChI is InChI=1S/C21H19FN4O/c22-18-11-9-17(10-12-18)20(16-6-2-1-3-7-16)23-13-15-26-21(27)25-14-5-4-8-19(25)24-26/h1-12,14,20,23H,13,15H2. The Balaban J connectivity index is 1.54. The SMILES string of the molecule is O=c1n(CCNC(c2ccccc2)c2ccc(F)cc2)nc2ccccn12. The molecule has 2 aromatic carbocycles. The van der Waals surface area contributed by atoms with E-state index in [2.05, 4.69) is 10.4 Å². The van der Waals surface area contributed by atoms with Crippen LogP contribution in [0.2, 0.25) is 0 Å². The number of aromatic nitrogens is 3. The van der Waals surface area contributed by atoms with Crippen LogP contribution < -0.4 is 11.0 Å². The Labute approximate surface area is 155 Å². The zero-order chi connectivity index (χ0) is 18.6. The molecule has 1 atom stereocenters. The second-order valence-corrected chi connectivity index (χ2v) is 6.28. The lowest BCUT2D eigenvalue weighted by Crippen LogP contribution is -2.30. The predicted octanol–water partition coefficient (Wildman–Crippen LogP) is 3.01. The fourth-order valence-electron chi connectivity index (χ4n) is 3.16. The van der Waals surface area contributed by atoms with Gasteiger partial charge in [0.2, 0.25) is 0 Å². The zero-order valence-electron chi connectivity index (χ0n) is 14.6. The van der Waals surface area contributed by atoms with Crippen molar-refractivity contribution < 1.29 is 4.39 Å². The molecule has 0 aliphatic rings. The number of rotatable bonds is 6. The summed E-state index contributed by atoms with van der Waals surface area (Å²) in [5.41, 5.74) is 2.50. The van der Waals surface area contributed by atoms with Crippen LogP contribution in [0, 0.1) is 5.82 Å². The molecule has 0 aliphatic heterocycles. The van der Waals surface area contributed by atoms with E-state index in [1.807, 2.05) is 36.4 Å². The van der Waals surface area contributed by atoms with Crippen molar-refractivity contribution in [2.24, 2.45) is 0 Å². The third-order valence-electron chi connectivity index (χ3n) is 4.50. The molecule has 6 heteroatoms. The van der Waals surface area contributed by atoms with E-state index in [-0.39, 0.29) is 17.5 Å². The Hall–Kier alpha value is -3.25. The third-order valence-corrected chi connectivity index (χ3v) is 4.50. The maximum absolute atomic E-state index is 13.3. The largest absolute Gasteiger partial charge is 0.350 e. The molecule has 2 heterocycles. The van der Waals surface area contributed by atoms with Gasteiger partial charge in [-0.05, 0) is 35.4 Å². The fraction of sp³-hybridized carbons (Fsp3) is 0.143. The van der Waals surface area contributed by atoms with E-state index in [9.17, 15) is 9.18 Å². The van der Waals surface area contributed by atoms with Gasteiger partial charge in [0.1, 0.15) is 5.82 Å². The van der Waals surface area contributed by atoms with Crippen molar-refractivity contribution in [3.8, 4) is 0 Å². The number of nitrogens with zero attached hydrogens (tertiary/aromatic N) is 3. The molecule has 1 unspecified atom stereocenters. The Morgan fingerprint density at radius 2 is 1.63 bits per heavy atom. The van der Waals surface area contributed by atoms with E-state index in [4.69, 9.17) is 0 Å². The summed E-state index contributed by atoms with van der Waals surface area (Å²) < 4.78 is 16.3. The van der Waals surface area contributed by atoms with Gasteiger partial charge in [0.15, 0.2) is 5.65 Å². The molecular weight excluding hydrogens is 343 g/mol. The van der Waals surface area contributed by atoms with Crippen molar-refractivity contribution in [2.45, 2.75) is 12.6 Å².